The van der Waals surface area contributed by atoms with Gasteiger partial charge in [0.2, 0.25) is 0 Å². The van der Waals surface area contributed by atoms with E-state index in [1.807, 2.05) is 31.2 Å². The molecule has 1 aliphatic heterocycles. The fourth-order valence-electron chi connectivity index (χ4n) is 3.32. The summed E-state index contributed by atoms with van der Waals surface area (Å²) in [6.45, 7) is 7.69. The molecule has 29 heavy (non-hydrogen) atoms. The lowest BCUT2D eigenvalue weighted by Gasteiger charge is -2.25. The number of halogens is 1. The van der Waals surface area contributed by atoms with E-state index < -0.39 is 10.7 Å². The van der Waals surface area contributed by atoms with Crippen molar-refractivity contribution in [1.29, 1.82) is 5.26 Å². The Bertz CT molecular complexity index is 1080. The molecule has 0 amide bonds. The second kappa shape index (κ2) is 8.15. The van der Waals surface area contributed by atoms with Crippen molar-refractivity contribution in [3.05, 3.63) is 75.3 Å². The lowest BCUT2D eigenvalue weighted by Crippen LogP contribution is -2.22. The number of hydrogen-bond donors (Lipinski definition) is 0. The predicted octanol–water partition coefficient (Wildman–Crippen LogP) is 5.31. The Kier molecular flexibility index (Phi) is 5.64. The van der Waals surface area contributed by atoms with E-state index in [-0.39, 0.29) is 22.6 Å². The Morgan fingerprint density at radius 3 is 2.55 bits per heavy atom. The molecule has 0 N–H and O–H groups in total. The first kappa shape index (κ1) is 20.1. The summed E-state index contributed by atoms with van der Waals surface area (Å²) >= 11 is 0. The van der Waals surface area contributed by atoms with Crippen LogP contribution < -0.4 is 9.64 Å². The summed E-state index contributed by atoms with van der Waals surface area (Å²) < 4.78 is 20.5. The molecule has 0 saturated heterocycles. The van der Waals surface area contributed by atoms with Gasteiger partial charge in [-0.15, -0.1) is 0 Å². The Morgan fingerprint density at radius 1 is 1.24 bits per heavy atom. The largest absolute Gasteiger partial charge is 0.455 e. The molecule has 0 unspecified atom stereocenters. The first-order valence-corrected chi connectivity index (χ1v) is 9.23. The highest BCUT2D eigenvalue weighted by atomic mass is 19.1. The zero-order valence-corrected chi connectivity index (χ0v) is 16.4. The van der Waals surface area contributed by atoms with Crippen LogP contribution in [0.1, 0.15) is 31.9 Å². The highest BCUT2D eigenvalue weighted by Crippen LogP contribution is 2.38. The highest BCUT2D eigenvalue weighted by Gasteiger charge is 2.22. The number of allylic oxidation sites excluding steroid dienone is 3. The number of benzene rings is 2. The van der Waals surface area contributed by atoms with Gasteiger partial charge in [0.15, 0.2) is 0 Å². The van der Waals surface area contributed by atoms with E-state index in [2.05, 4.69) is 18.7 Å². The van der Waals surface area contributed by atoms with Gasteiger partial charge >= 0.3 is 0 Å². The van der Waals surface area contributed by atoms with Crippen molar-refractivity contribution in [2.24, 2.45) is 0 Å². The molecule has 148 valence electrons. The molecule has 6 nitrogen and oxygen atoms in total. The molecule has 0 radical (unpaired) electrons. The Morgan fingerprint density at radius 2 is 1.97 bits per heavy atom. The van der Waals surface area contributed by atoms with Crippen LogP contribution >= 0.6 is 0 Å². The number of fused-ring (bicyclic) bond motifs is 1. The lowest BCUT2D eigenvalue weighted by molar-refractivity contribution is -0.385. The summed E-state index contributed by atoms with van der Waals surface area (Å²) in [6, 6.07) is 11.1. The van der Waals surface area contributed by atoms with Crippen LogP contribution in [0.15, 0.2) is 48.2 Å². The lowest BCUT2D eigenvalue weighted by atomic mass is 9.98. The van der Waals surface area contributed by atoms with E-state index in [1.54, 1.807) is 6.08 Å². The molecular weight excluding hydrogens is 373 g/mol. The van der Waals surface area contributed by atoms with E-state index in [1.165, 1.54) is 12.1 Å². The second-order valence-electron chi connectivity index (χ2n) is 6.55. The summed E-state index contributed by atoms with van der Waals surface area (Å²) in [5, 5.41) is 20.5. The van der Waals surface area contributed by atoms with Gasteiger partial charge in [0, 0.05) is 42.0 Å². The molecule has 1 aliphatic rings. The van der Waals surface area contributed by atoms with Crippen LogP contribution in [0.4, 0.5) is 15.8 Å². The third-order valence-corrected chi connectivity index (χ3v) is 4.88. The van der Waals surface area contributed by atoms with Crippen molar-refractivity contribution in [2.45, 2.75) is 20.8 Å². The quantitative estimate of drug-likeness (QED) is 0.391. The molecule has 0 fully saturated rings. The van der Waals surface area contributed by atoms with Crippen LogP contribution in [0.3, 0.4) is 0 Å². The molecule has 7 heteroatoms. The van der Waals surface area contributed by atoms with Crippen LogP contribution in [-0.4, -0.2) is 18.0 Å². The Labute approximate surface area is 168 Å². The monoisotopic (exact) mass is 393 g/mol. The van der Waals surface area contributed by atoms with Crippen LogP contribution in [-0.2, 0) is 0 Å². The van der Waals surface area contributed by atoms with Gasteiger partial charge in [-0.1, -0.05) is 0 Å². The number of anilines is 1. The summed E-state index contributed by atoms with van der Waals surface area (Å²) in [5.41, 5.74) is 2.33. The van der Waals surface area contributed by atoms with Gasteiger partial charge in [0.25, 0.3) is 5.69 Å². The molecular formula is C22H20FN3O3. The maximum Gasteiger partial charge on any atom is 0.272 e. The topological polar surface area (TPSA) is 79.4 Å². The van der Waals surface area contributed by atoms with Crippen molar-refractivity contribution < 1.29 is 14.1 Å². The summed E-state index contributed by atoms with van der Waals surface area (Å²) in [5.74, 6) is -0.0537. The Balaban J connectivity index is 2.09. The molecule has 0 aromatic heterocycles. The van der Waals surface area contributed by atoms with Gasteiger partial charge in [-0.3, -0.25) is 10.1 Å². The summed E-state index contributed by atoms with van der Waals surface area (Å²) in [6.07, 6.45) is 1.68. The van der Waals surface area contributed by atoms with E-state index in [0.29, 0.717) is 5.75 Å². The number of nitro benzene ring substituents is 1. The molecule has 0 aliphatic carbocycles. The molecule has 1 heterocycles. The van der Waals surface area contributed by atoms with E-state index >= 15 is 0 Å². The van der Waals surface area contributed by atoms with Gasteiger partial charge in [-0.05, 0) is 50.6 Å². The van der Waals surface area contributed by atoms with Crippen molar-refractivity contribution >= 4 is 22.5 Å². The molecule has 2 aromatic carbocycles. The van der Waals surface area contributed by atoms with Crippen LogP contribution in [0.5, 0.6) is 5.75 Å². The van der Waals surface area contributed by atoms with Crippen LogP contribution in [0, 0.1) is 27.3 Å². The first-order valence-electron chi connectivity index (χ1n) is 9.23. The smallest absolute Gasteiger partial charge is 0.272 e. The minimum Gasteiger partial charge on any atom is -0.455 e. The fourth-order valence-corrected chi connectivity index (χ4v) is 3.32. The molecule has 0 saturated carbocycles. The number of rotatable bonds is 5. The van der Waals surface area contributed by atoms with E-state index in [9.17, 15) is 19.8 Å². The third kappa shape index (κ3) is 3.83. The maximum atomic E-state index is 14.5. The van der Waals surface area contributed by atoms with Crippen molar-refractivity contribution in [3.63, 3.8) is 0 Å². The van der Waals surface area contributed by atoms with E-state index in [4.69, 9.17) is 4.74 Å². The van der Waals surface area contributed by atoms with Gasteiger partial charge in [0.05, 0.1) is 11.0 Å². The SMILES string of the molecule is CCN(CC)c1ccc2c(c1)O/C(=C(\C#N)c1ccc([N+](=O)[O-])cc1F)C=C2C. The summed E-state index contributed by atoms with van der Waals surface area (Å²) in [4.78, 5) is 12.3. The minimum atomic E-state index is -0.847. The molecule has 0 spiro atoms. The fraction of sp³-hybridized carbons (Fsp3) is 0.227. The van der Waals surface area contributed by atoms with Crippen molar-refractivity contribution in [2.75, 3.05) is 18.0 Å². The molecule has 2 aromatic rings. The zero-order chi connectivity index (χ0) is 21.1. The number of nitrogens with zero attached hydrogens (tertiary/aromatic N) is 3. The highest BCUT2D eigenvalue weighted by molar-refractivity contribution is 5.85. The first-order chi connectivity index (χ1) is 13.9. The van der Waals surface area contributed by atoms with Gasteiger partial charge < -0.3 is 9.64 Å². The third-order valence-electron chi connectivity index (χ3n) is 4.88. The second-order valence-corrected chi connectivity index (χ2v) is 6.55. The van der Waals surface area contributed by atoms with Gasteiger partial charge in [0.1, 0.15) is 29.0 Å². The number of ether oxygens (including phenoxy) is 1. The average molecular weight is 393 g/mol. The van der Waals surface area contributed by atoms with Crippen molar-refractivity contribution in [3.8, 4) is 11.8 Å². The standard InChI is InChI=1S/C22H20FN3O3/c1-4-25(5-2)15-6-8-17-14(3)10-21(29-22(17)12-15)19(13-24)18-9-7-16(26(27)28)11-20(18)23/h6-12H,4-5H2,1-3H3/b21-19+. The number of hydrogen-bond acceptors (Lipinski definition) is 5. The number of non-ortho nitro benzene ring substituents is 1. The summed E-state index contributed by atoms with van der Waals surface area (Å²) in [7, 11) is 0. The minimum absolute atomic E-state index is 0.0179. The normalized spacial score (nSPS) is 14.2. The Hall–Kier alpha value is -3.66. The molecule has 0 bridgehead atoms. The number of nitriles is 1. The maximum absolute atomic E-state index is 14.5. The van der Waals surface area contributed by atoms with Gasteiger partial charge in [-0.25, -0.2) is 4.39 Å². The van der Waals surface area contributed by atoms with Crippen LogP contribution in [0.2, 0.25) is 0 Å². The van der Waals surface area contributed by atoms with Crippen molar-refractivity contribution in [1.82, 2.24) is 0 Å². The zero-order valence-electron chi connectivity index (χ0n) is 16.4. The molecule has 3 rings (SSSR count). The average Bonchev–Trinajstić information content (AvgIpc) is 2.70. The van der Waals surface area contributed by atoms with Gasteiger partial charge in [-0.2, -0.15) is 5.26 Å². The number of nitro groups is 1. The van der Waals surface area contributed by atoms with Crippen LogP contribution in [0.25, 0.3) is 11.1 Å². The molecule has 0 atom stereocenters. The predicted molar refractivity (Wildman–Crippen MR) is 110 cm³/mol. The van der Waals surface area contributed by atoms with E-state index in [0.717, 1.165) is 36.0 Å².